The molecule has 0 bridgehead atoms. The number of ether oxygens (including phenoxy) is 1. The first-order valence-corrected chi connectivity index (χ1v) is 5.75. The van der Waals surface area contributed by atoms with Gasteiger partial charge in [-0.05, 0) is 25.1 Å². The smallest absolute Gasteiger partial charge is 0.231 e. The minimum absolute atomic E-state index is 0.00177. The standard InChI is InChI=1S/C12H17N3O2/c1-17-11-4-7-14-8-10(11)12(16)15-9-2-5-13-6-3-9/h2-3,5-6,10-11,14H,4,7-8H2,1H3,(H,13,15,16). The van der Waals surface area contributed by atoms with Crippen LogP contribution in [0.2, 0.25) is 0 Å². The van der Waals surface area contributed by atoms with Gasteiger partial charge in [0, 0.05) is 31.7 Å². The fourth-order valence-corrected chi connectivity index (χ4v) is 2.05. The maximum absolute atomic E-state index is 12.1. The monoisotopic (exact) mass is 235 g/mol. The third kappa shape index (κ3) is 3.01. The van der Waals surface area contributed by atoms with Crippen LogP contribution in [0.4, 0.5) is 5.69 Å². The van der Waals surface area contributed by atoms with E-state index in [1.165, 1.54) is 0 Å². The number of piperidine rings is 1. The number of methoxy groups -OCH3 is 1. The summed E-state index contributed by atoms with van der Waals surface area (Å²) in [4.78, 5) is 16.0. The summed E-state index contributed by atoms with van der Waals surface area (Å²) in [6.07, 6.45) is 4.17. The van der Waals surface area contributed by atoms with Crippen molar-refractivity contribution in [3.8, 4) is 0 Å². The average molecular weight is 235 g/mol. The Hall–Kier alpha value is -1.46. The third-order valence-corrected chi connectivity index (χ3v) is 3.01. The minimum Gasteiger partial charge on any atom is -0.381 e. The highest BCUT2D eigenvalue weighted by molar-refractivity contribution is 5.93. The SMILES string of the molecule is COC1CCNCC1C(=O)Nc1ccncc1. The summed E-state index contributed by atoms with van der Waals surface area (Å²) in [7, 11) is 1.66. The molecular weight excluding hydrogens is 218 g/mol. The molecule has 0 spiro atoms. The summed E-state index contributed by atoms with van der Waals surface area (Å²) in [6.45, 7) is 1.56. The number of anilines is 1. The number of hydrogen-bond donors (Lipinski definition) is 2. The van der Waals surface area contributed by atoms with Gasteiger partial charge < -0.3 is 15.4 Å². The van der Waals surface area contributed by atoms with E-state index in [4.69, 9.17) is 4.74 Å². The van der Waals surface area contributed by atoms with Gasteiger partial charge >= 0.3 is 0 Å². The van der Waals surface area contributed by atoms with Gasteiger partial charge in [-0.2, -0.15) is 0 Å². The molecule has 5 heteroatoms. The lowest BCUT2D eigenvalue weighted by molar-refractivity contribution is -0.125. The van der Waals surface area contributed by atoms with Gasteiger partial charge in [-0.3, -0.25) is 9.78 Å². The fraction of sp³-hybridized carbons (Fsp3) is 0.500. The summed E-state index contributed by atoms with van der Waals surface area (Å²) in [5.74, 6) is -0.142. The van der Waals surface area contributed by atoms with Gasteiger partial charge in [-0.25, -0.2) is 0 Å². The zero-order valence-electron chi connectivity index (χ0n) is 9.85. The first-order chi connectivity index (χ1) is 8.31. The van der Waals surface area contributed by atoms with Gasteiger partial charge in [0.2, 0.25) is 5.91 Å². The number of aromatic nitrogens is 1. The Morgan fingerprint density at radius 1 is 1.53 bits per heavy atom. The molecule has 2 heterocycles. The highest BCUT2D eigenvalue weighted by Gasteiger charge is 2.30. The molecule has 2 atom stereocenters. The molecule has 5 nitrogen and oxygen atoms in total. The highest BCUT2D eigenvalue weighted by atomic mass is 16.5. The van der Waals surface area contributed by atoms with Crippen molar-refractivity contribution in [1.29, 1.82) is 0 Å². The van der Waals surface area contributed by atoms with Gasteiger partial charge in [0.15, 0.2) is 0 Å². The van der Waals surface area contributed by atoms with Crippen molar-refractivity contribution in [2.75, 3.05) is 25.5 Å². The van der Waals surface area contributed by atoms with E-state index in [9.17, 15) is 4.79 Å². The van der Waals surface area contributed by atoms with E-state index in [-0.39, 0.29) is 17.9 Å². The van der Waals surface area contributed by atoms with Crippen molar-refractivity contribution in [1.82, 2.24) is 10.3 Å². The van der Waals surface area contributed by atoms with Gasteiger partial charge in [0.05, 0.1) is 12.0 Å². The first-order valence-electron chi connectivity index (χ1n) is 5.75. The number of nitrogens with zero attached hydrogens (tertiary/aromatic N) is 1. The van der Waals surface area contributed by atoms with Crippen LogP contribution >= 0.6 is 0 Å². The van der Waals surface area contributed by atoms with E-state index in [1.807, 2.05) is 0 Å². The van der Waals surface area contributed by atoms with Crippen LogP contribution in [0.3, 0.4) is 0 Å². The van der Waals surface area contributed by atoms with Gasteiger partial charge in [-0.15, -0.1) is 0 Å². The maximum atomic E-state index is 12.1. The molecule has 2 unspecified atom stereocenters. The lowest BCUT2D eigenvalue weighted by atomic mass is 9.95. The molecule has 0 aromatic carbocycles. The largest absolute Gasteiger partial charge is 0.381 e. The van der Waals surface area contributed by atoms with Crippen LogP contribution in [0, 0.1) is 5.92 Å². The van der Waals surface area contributed by atoms with Crippen LogP contribution in [-0.4, -0.2) is 37.2 Å². The van der Waals surface area contributed by atoms with Gasteiger partial charge in [0.25, 0.3) is 0 Å². The van der Waals surface area contributed by atoms with Crippen molar-refractivity contribution in [3.05, 3.63) is 24.5 Å². The third-order valence-electron chi connectivity index (χ3n) is 3.01. The summed E-state index contributed by atoms with van der Waals surface area (Å²) in [5.41, 5.74) is 0.769. The average Bonchev–Trinajstić information content (AvgIpc) is 2.40. The molecule has 2 N–H and O–H groups in total. The van der Waals surface area contributed by atoms with Gasteiger partial charge in [0.1, 0.15) is 0 Å². The summed E-state index contributed by atoms with van der Waals surface area (Å²) in [6, 6.07) is 3.55. The Morgan fingerprint density at radius 3 is 3.00 bits per heavy atom. The van der Waals surface area contributed by atoms with E-state index >= 15 is 0 Å². The van der Waals surface area contributed by atoms with Gasteiger partial charge in [-0.1, -0.05) is 0 Å². The maximum Gasteiger partial charge on any atom is 0.231 e. The Morgan fingerprint density at radius 2 is 2.29 bits per heavy atom. The van der Waals surface area contributed by atoms with Crippen molar-refractivity contribution in [2.45, 2.75) is 12.5 Å². The number of amides is 1. The number of rotatable bonds is 3. The number of nitrogens with one attached hydrogen (secondary N) is 2. The normalized spacial score (nSPS) is 24.3. The Balaban J connectivity index is 1.99. The number of carbonyl (C=O) groups excluding carboxylic acids is 1. The van der Waals surface area contributed by atoms with Crippen molar-refractivity contribution >= 4 is 11.6 Å². The predicted octanol–water partition coefficient (Wildman–Crippen LogP) is 0.645. The Labute approximate surface area is 101 Å². The molecule has 92 valence electrons. The Bertz CT molecular complexity index is 369. The quantitative estimate of drug-likeness (QED) is 0.807. The minimum atomic E-state index is -0.137. The predicted molar refractivity (Wildman–Crippen MR) is 64.6 cm³/mol. The second kappa shape index (κ2) is 5.75. The molecule has 1 fully saturated rings. The molecule has 1 amide bonds. The van der Waals surface area contributed by atoms with Crippen LogP contribution in [0.5, 0.6) is 0 Å². The van der Waals surface area contributed by atoms with Crippen LogP contribution in [0.25, 0.3) is 0 Å². The molecule has 2 rings (SSSR count). The molecule has 1 aliphatic heterocycles. The molecule has 0 aliphatic carbocycles. The van der Waals surface area contributed by atoms with E-state index < -0.39 is 0 Å². The van der Waals surface area contributed by atoms with E-state index in [0.717, 1.165) is 18.7 Å². The van der Waals surface area contributed by atoms with E-state index in [0.29, 0.717) is 6.54 Å². The molecule has 1 saturated heterocycles. The molecule has 17 heavy (non-hydrogen) atoms. The van der Waals surface area contributed by atoms with E-state index in [2.05, 4.69) is 15.6 Å². The molecule has 0 saturated carbocycles. The van der Waals surface area contributed by atoms with Crippen LogP contribution in [-0.2, 0) is 9.53 Å². The zero-order chi connectivity index (χ0) is 12.1. The highest BCUT2D eigenvalue weighted by Crippen LogP contribution is 2.17. The van der Waals surface area contributed by atoms with E-state index in [1.54, 1.807) is 31.6 Å². The van der Waals surface area contributed by atoms with Crippen LogP contribution in [0.15, 0.2) is 24.5 Å². The van der Waals surface area contributed by atoms with Crippen LogP contribution in [0.1, 0.15) is 6.42 Å². The van der Waals surface area contributed by atoms with Crippen LogP contribution < -0.4 is 10.6 Å². The lowest BCUT2D eigenvalue weighted by Gasteiger charge is -2.29. The second-order valence-electron chi connectivity index (χ2n) is 4.10. The Kier molecular flexibility index (Phi) is 4.06. The molecule has 1 aliphatic rings. The number of carbonyl (C=O) groups is 1. The topological polar surface area (TPSA) is 63.2 Å². The zero-order valence-corrected chi connectivity index (χ0v) is 9.85. The summed E-state index contributed by atoms with van der Waals surface area (Å²) in [5, 5.41) is 6.09. The molecular formula is C12H17N3O2. The molecule has 0 radical (unpaired) electrons. The number of pyridine rings is 1. The van der Waals surface area contributed by atoms with Crippen molar-refractivity contribution in [2.24, 2.45) is 5.92 Å². The number of hydrogen-bond acceptors (Lipinski definition) is 4. The lowest BCUT2D eigenvalue weighted by Crippen LogP contribution is -2.46. The van der Waals surface area contributed by atoms with Crippen molar-refractivity contribution < 1.29 is 9.53 Å². The molecule has 1 aromatic heterocycles. The second-order valence-corrected chi connectivity index (χ2v) is 4.10. The molecule has 1 aromatic rings. The van der Waals surface area contributed by atoms with Crippen molar-refractivity contribution in [3.63, 3.8) is 0 Å². The fourth-order valence-electron chi connectivity index (χ4n) is 2.05. The first kappa shape index (κ1) is 12.0. The summed E-state index contributed by atoms with van der Waals surface area (Å²) >= 11 is 0. The summed E-state index contributed by atoms with van der Waals surface area (Å²) < 4.78 is 5.35.